The summed E-state index contributed by atoms with van der Waals surface area (Å²) < 4.78 is 1.67. The third kappa shape index (κ3) is 1.94. The summed E-state index contributed by atoms with van der Waals surface area (Å²) in [5.41, 5.74) is 2.22. The minimum absolute atomic E-state index is 0.0912. The molecule has 1 heterocycles. The van der Waals surface area contributed by atoms with Crippen LogP contribution >= 0.6 is 23.2 Å². The second kappa shape index (κ2) is 4.45. The van der Waals surface area contributed by atoms with E-state index in [-0.39, 0.29) is 6.61 Å². The lowest BCUT2D eigenvalue weighted by Gasteiger charge is -2.07. The molecule has 2 rings (SSSR count). The van der Waals surface area contributed by atoms with Crippen molar-refractivity contribution in [2.75, 3.05) is 0 Å². The minimum atomic E-state index is -0.0912. The van der Waals surface area contributed by atoms with Crippen LogP contribution in [0.25, 0.3) is 5.69 Å². The van der Waals surface area contributed by atoms with Gasteiger partial charge in [-0.25, -0.2) is 4.68 Å². The number of benzene rings is 1. The number of nitrogens with zero attached hydrogens (tertiary/aromatic N) is 2. The van der Waals surface area contributed by atoms with Gasteiger partial charge < -0.3 is 5.11 Å². The maximum Gasteiger partial charge on any atom is 0.0886 e. The lowest BCUT2D eigenvalue weighted by molar-refractivity contribution is 0.276. The van der Waals surface area contributed by atoms with E-state index in [0.29, 0.717) is 21.4 Å². The number of aliphatic hydroxyl groups excluding tert-OH is 1. The first-order valence-electron chi connectivity index (χ1n) is 4.74. The predicted molar refractivity (Wildman–Crippen MR) is 64.2 cm³/mol. The maximum absolute atomic E-state index is 9.01. The highest BCUT2D eigenvalue weighted by atomic mass is 35.5. The van der Waals surface area contributed by atoms with Crippen LogP contribution in [0.4, 0.5) is 0 Å². The average Bonchev–Trinajstić information content (AvgIpc) is 2.64. The fourth-order valence-corrected chi connectivity index (χ4v) is 1.89. The zero-order valence-corrected chi connectivity index (χ0v) is 10.1. The van der Waals surface area contributed by atoms with Gasteiger partial charge in [0.25, 0.3) is 0 Å². The Hall–Kier alpha value is -1.03. The molecule has 0 unspecified atom stereocenters. The molecule has 0 radical (unpaired) electrons. The van der Waals surface area contributed by atoms with Crippen molar-refractivity contribution in [3.63, 3.8) is 0 Å². The summed E-state index contributed by atoms with van der Waals surface area (Å²) in [5, 5.41) is 14.2. The lowest BCUT2D eigenvalue weighted by Crippen LogP contribution is -2.00. The largest absolute Gasteiger partial charge is 0.390 e. The Balaban J connectivity index is 2.58. The normalized spacial score (nSPS) is 10.8. The first-order chi connectivity index (χ1) is 7.63. The van der Waals surface area contributed by atoms with E-state index in [9.17, 15) is 0 Å². The monoisotopic (exact) mass is 256 g/mol. The molecule has 0 fully saturated rings. The molecule has 1 aromatic heterocycles. The second-order valence-electron chi connectivity index (χ2n) is 3.42. The molecular formula is C11H10Cl2N2O. The lowest BCUT2D eigenvalue weighted by atomic mass is 10.3. The Morgan fingerprint density at radius 1 is 1.38 bits per heavy atom. The molecule has 0 spiro atoms. The first-order valence-corrected chi connectivity index (χ1v) is 5.50. The molecule has 0 aliphatic rings. The van der Waals surface area contributed by atoms with Crippen molar-refractivity contribution in [1.29, 1.82) is 0 Å². The van der Waals surface area contributed by atoms with E-state index in [2.05, 4.69) is 5.10 Å². The maximum atomic E-state index is 9.01. The number of aryl methyl sites for hydroxylation is 1. The molecule has 0 aliphatic heterocycles. The molecule has 0 atom stereocenters. The summed E-state index contributed by atoms with van der Waals surface area (Å²) in [7, 11) is 0. The van der Waals surface area contributed by atoms with Gasteiger partial charge in [-0.05, 0) is 25.1 Å². The van der Waals surface area contributed by atoms with Crippen LogP contribution in [0.2, 0.25) is 10.0 Å². The van der Waals surface area contributed by atoms with Gasteiger partial charge in [-0.2, -0.15) is 5.10 Å². The molecule has 3 nitrogen and oxygen atoms in total. The topological polar surface area (TPSA) is 38.1 Å². The van der Waals surface area contributed by atoms with Gasteiger partial charge in [0, 0.05) is 5.69 Å². The number of aliphatic hydroxyl groups is 1. The SMILES string of the molecule is Cc1cc(CO)nn1-c1cccc(Cl)c1Cl. The molecule has 0 saturated carbocycles. The second-order valence-corrected chi connectivity index (χ2v) is 4.21. The third-order valence-electron chi connectivity index (χ3n) is 2.26. The summed E-state index contributed by atoms with van der Waals surface area (Å²) in [4.78, 5) is 0. The van der Waals surface area contributed by atoms with Crippen LogP contribution in [-0.4, -0.2) is 14.9 Å². The summed E-state index contributed by atoms with van der Waals surface area (Å²) in [6, 6.07) is 7.16. The highest BCUT2D eigenvalue weighted by molar-refractivity contribution is 6.43. The Morgan fingerprint density at radius 3 is 2.75 bits per heavy atom. The van der Waals surface area contributed by atoms with Crippen LogP contribution in [0.3, 0.4) is 0 Å². The van der Waals surface area contributed by atoms with E-state index < -0.39 is 0 Å². The fraction of sp³-hybridized carbons (Fsp3) is 0.182. The highest BCUT2D eigenvalue weighted by Crippen LogP contribution is 2.28. The van der Waals surface area contributed by atoms with Crippen LogP contribution in [0.15, 0.2) is 24.3 Å². The van der Waals surface area contributed by atoms with Crippen LogP contribution < -0.4 is 0 Å². The van der Waals surface area contributed by atoms with Crippen LogP contribution in [0.1, 0.15) is 11.4 Å². The van der Waals surface area contributed by atoms with Crippen molar-refractivity contribution in [3.05, 3.63) is 45.7 Å². The number of halogens is 2. The predicted octanol–water partition coefficient (Wildman–Crippen LogP) is 2.98. The van der Waals surface area contributed by atoms with Crippen LogP contribution in [0, 0.1) is 6.92 Å². The Bertz CT molecular complexity index is 523. The fourth-order valence-electron chi connectivity index (χ4n) is 1.52. The average molecular weight is 257 g/mol. The van der Waals surface area contributed by atoms with Crippen molar-refractivity contribution in [1.82, 2.24) is 9.78 Å². The zero-order chi connectivity index (χ0) is 11.7. The first kappa shape index (κ1) is 11.5. The molecule has 0 aliphatic carbocycles. The smallest absolute Gasteiger partial charge is 0.0886 e. The van der Waals surface area contributed by atoms with E-state index in [1.54, 1.807) is 16.8 Å². The van der Waals surface area contributed by atoms with Crippen molar-refractivity contribution < 1.29 is 5.11 Å². The van der Waals surface area contributed by atoms with Gasteiger partial charge in [0.15, 0.2) is 0 Å². The minimum Gasteiger partial charge on any atom is -0.390 e. The summed E-state index contributed by atoms with van der Waals surface area (Å²) in [6.07, 6.45) is 0. The van der Waals surface area contributed by atoms with Gasteiger partial charge in [0.2, 0.25) is 0 Å². The van der Waals surface area contributed by atoms with E-state index in [0.717, 1.165) is 5.69 Å². The van der Waals surface area contributed by atoms with E-state index in [1.165, 1.54) is 0 Å². The zero-order valence-electron chi connectivity index (χ0n) is 8.61. The Kier molecular flexibility index (Phi) is 3.19. The molecule has 0 saturated heterocycles. The number of hydrogen-bond acceptors (Lipinski definition) is 2. The quantitative estimate of drug-likeness (QED) is 0.898. The van der Waals surface area contributed by atoms with Gasteiger partial charge in [0.1, 0.15) is 0 Å². The molecule has 0 bridgehead atoms. The van der Waals surface area contributed by atoms with E-state index in [1.807, 2.05) is 19.1 Å². The van der Waals surface area contributed by atoms with Crippen LogP contribution in [0.5, 0.6) is 0 Å². The van der Waals surface area contributed by atoms with E-state index >= 15 is 0 Å². The standard InChI is InChI=1S/C11H10Cl2N2O/c1-7-5-8(6-16)14-15(7)10-4-2-3-9(12)11(10)13/h2-5,16H,6H2,1H3. The highest BCUT2D eigenvalue weighted by Gasteiger charge is 2.10. The molecule has 1 aromatic carbocycles. The third-order valence-corrected chi connectivity index (χ3v) is 3.07. The van der Waals surface area contributed by atoms with Crippen molar-refractivity contribution in [3.8, 4) is 5.69 Å². The van der Waals surface area contributed by atoms with Crippen molar-refractivity contribution in [2.45, 2.75) is 13.5 Å². The van der Waals surface area contributed by atoms with Crippen molar-refractivity contribution >= 4 is 23.2 Å². The summed E-state index contributed by atoms with van der Waals surface area (Å²) >= 11 is 12.0. The van der Waals surface area contributed by atoms with Crippen molar-refractivity contribution in [2.24, 2.45) is 0 Å². The Morgan fingerprint density at radius 2 is 2.12 bits per heavy atom. The molecule has 2 aromatic rings. The summed E-state index contributed by atoms with van der Waals surface area (Å²) in [6.45, 7) is 1.80. The molecule has 16 heavy (non-hydrogen) atoms. The van der Waals surface area contributed by atoms with Gasteiger partial charge in [-0.15, -0.1) is 0 Å². The molecular weight excluding hydrogens is 247 g/mol. The van der Waals surface area contributed by atoms with Crippen LogP contribution in [-0.2, 0) is 6.61 Å². The molecule has 84 valence electrons. The summed E-state index contributed by atoms with van der Waals surface area (Å²) in [5.74, 6) is 0. The van der Waals surface area contributed by atoms with Gasteiger partial charge in [-0.3, -0.25) is 0 Å². The molecule has 1 N–H and O–H groups in total. The Labute approximate surface area is 103 Å². The van der Waals surface area contributed by atoms with Gasteiger partial charge in [0.05, 0.1) is 28.0 Å². The van der Waals surface area contributed by atoms with Gasteiger partial charge >= 0.3 is 0 Å². The van der Waals surface area contributed by atoms with E-state index in [4.69, 9.17) is 28.3 Å². The number of rotatable bonds is 2. The number of hydrogen-bond donors (Lipinski definition) is 1. The molecule has 5 heteroatoms. The van der Waals surface area contributed by atoms with Gasteiger partial charge in [-0.1, -0.05) is 29.3 Å². The number of aromatic nitrogens is 2. The molecule has 0 amide bonds.